The molecule has 0 aliphatic rings. The normalized spacial score (nSPS) is 11.5. The zero-order valence-corrected chi connectivity index (χ0v) is 28.2. The number of nitrogens with zero attached hydrogens (tertiary/aromatic N) is 5. The lowest BCUT2D eigenvalue weighted by molar-refractivity contribution is 1.07. The average Bonchev–Trinajstić information content (AvgIpc) is 3.74. The molecule has 0 bridgehead atoms. The minimum absolute atomic E-state index is 0.609. The van der Waals surface area contributed by atoms with Crippen LogP contribution >= 0.6 is 0 Å². The lowest BCUT2D eigenvalue weighted by Crippen LogP contribution is -2.02. The average molecular weight is 666 g/mol. The van der Waals surface area contributed by atoms with Crippen LogP contribution in [0.1, 0.15) is 5.56 Å². The van der Waals surface area contributed by atoms with E-state index in [1.807, 2.05) is 30.3 Å². The molecule has 0 fully saturated rings. The number of para-hydroxylation sites is 4. The van der Waals surface area contributed by atoms with Crippen molar-refractivity contribution in [2.45, 2.75) is 0 Å². The maximum atomic E-state index is 5.17. The first-order valence-corrected chi connectivity index (χ1v) is 17.4. The Morgan fingerprint density at radius 1 is 0.365 bits per heavy atom. The Labute approximate surface area is 300 Å². The molecule has 5 heteroatoms. The molecule has 3 aromatic heterocycles. The highest BCUT2D eigenvalue weighted by Gasteiger charge is 2.17. The van der Waals surface area contributed by atoms with E-state index in [1.165, 1.54) is 21.5 Å². The Morgan fingerprint density at radius 3 is 1.12 bits per heavy atom. The second-order valence-electron chi connectivity index (χ2n) is 13.0. The summed E-state index contributed by atoms with van der Waals surface area (Å²) >= 11 is 0. The van der Waals surface area contributed by atoms with E-state index in [-0.39, 0.29) is 0 Å². The molecular weight excluding hydrogens is 635 g/mol. The molecule has 0 aliphatic heterocycles. The van der Waals surface area contributed by atoms with Crippen LogP contribution in [0.25, 0.3) is 95.2 Å². The van der Waals surface area contributed by atoms with Gasteiger partial charge < -0.3 is 9.13 Å². The van der Waals surface area contributed by atoms with Gasteiger partial charge in [0, 0.05) is 49.6 Å². The minimum Gasteiger partial charge on any atom is -0.309 e. The van der Waals surface area contributed by atoms with Crippen LogP contribution in [-0.4, -0.2) is 24.1 Å². The summed E-state index contributed by atoms with van der Waals surface area (Å²) < 4.78 is 4.64. The largest absolute Gasteiger partial charge is 0.309 e. The fourth-order valence-electron chi connectivity index (χ4n) is 7.50. The van der Waals surface area contributed by atoms with E-state index in [2.05, 4.69) is 161 Å². The molecule has 0 spiro atoms. The molecule has 10 rings (SSSR count). The van der Waals surface area contributed by atoms with Crippen molar-refractivity contribution in [3.8, 4) is 45.5 Å². The quantitative estimate of drug-likeness (QED) is 0.178. The number of fused-ring (bicyclic) bond motifs is 6. The molecule has 7 aromatic carbocycles. The van der Waals surface area contributed by atoms with Gasteiger partial charge in [0.25, 0.3) is 0 Å². The van der Waals surface area contributed by atoms with Gasteiger partial charge in [-0.1, -0.05) is 134 Å². The summed E-state index contributed by atoms with van der Waals surface area (Å²) in [6.45, 7) is 3.93. The highest BCUT2D eigenvalue weighted by molar-refractivity contribution is 6.10. The van der Waals surface area contributed by atoms with E-state index in [0.29, 0.717) is 17.5 Å². The molecule has 0 aliphatic carbocycles. The Balaban J connectivity index is 1.16. The summed E-state index contributed by atoms with van der Waals surface area (Å²) in [5, 5.41) is 4.89. The van der Waals surface area contributed by atoms with Gasteiger partial charge in [-0.15, -0.1) is 0 Å². The van der Waals surface area contributed by atoms with Crippen LogP contribution in [0.2, 0.25) is 0 Å². The van der Waals surface area contributed by atoms with Crippen molar-refractivity contribution >= 4 is 49.7 Å². The predicted molar refractivity (Wildman–Crippen MR) is 215 cm³/mol. The van der Waals surface area contributed by atoms with E-state index in [0.717, 1.165) is 55.7 Å². The van der Waals surface area contributed by atoms with E-state index in [9.17, 15) is 0 Å². The van der Waals surface area contributed by atoms with Crippen molar-refractivity contribution < 1.29 is 0 Å². The highest BCUT2D eigenvalue weighted by atomic mass is 15.0. The van der Waals surface area contributed by atoms with Crippen molar-refractivity contribution in [3.05, 3.63) is 182 Å². The molecule has 0 unspecified atom stereocenters. The van der Waals surface area contributed by atoms with Crippen molar-refractivity contribution in [1.82, 2.24) is 24.1 Å². The third-order valence-corrected chi connectivity index (χ3v) is 9.93. The molecule has 5 nitrogen and oxygen atoms in total. The molecule has 244 valence electrons. The van der Waals surface area contributed by atoms with E-state index in [1.54, 1.807) is 0 Å². The van der Waals surface area contributed by atoms with Crippen LogP contribution in [0.5, 0.6) is 0 Å². The Hall–Kier alpha value is -7.11. The number of rotatable bonds is 6. The molecule has 3 heterocycles. The van der Waals surface area contributed by atoms with Crippen LogP contribution < -0.4 is 0 Å². The van der Waals surface area contributed by atoms with Crippen molar-refractivity contribution in [2.24, 2.45) is 0 Å². The van der Waals surface area contributed by atoms with Crippen LogP contribution in [0.3, 0.4) is 0 Å². The molecule has 10 aromatic rings. The van der Waals surface area contributed by atoms with Gasteiger partial charge in [0.15, 0.2) is 17.5 Å². The Kier molecular flexibility index (Phi) is 6.89. The van der Waals surface area contributed by atoms with Crippen molar-refractivity contribution in [3.63, 3.8) is 0 Å². The highest BCUT2D eigenvalue weighted by Crippen LogP contribution is 2.35. The van der Waals surface area contributed by atoms with Gasteiger partial charge in [0.1, 0.15) is 0 Å². The second kappa shape index (κ2) is 12.0. The summed E-state index contributed by atoms with van der Waals surface area (Å²) in [4.78, 5) is 15.4. The van der Waals surface area contributed by atoms with Crippen molar-refractivity contribution in [2.75, 3.05) is 0 Å². The molecule has 0 N–H and O–H groups in total. The molecule has 0 saturated heterocycles. The third kappa shape index (κ3) is 4.83. The summed E-state index contributed by atoms with van der Waals surface area (Å²) in [6, 6.07) is 59.4. The zero-order valence-electron chi connectivity index (χ0n) is 28.2. The summed E-state index contributed by atoms with van der Waals surface area (Å²) in [6.07, 6.45) is 1.84. The van der Waals surface area contributed by atoms with Crippen LogP contribution in [-0.2, 0) is 0 Å². The van der Waals surface area contributed by atoms with Gasteiger partial charge in [0.05, 0.1) is 22.1 Å². The Morgan fingerprint density at radius 2 is 0.731 bits per heavy atom. The van der Waals surface area contributed by atoms with Crippen LogP contribution in [0.15, 0.2) is 176 Å². The SMILES string of the molecule is C=Cc1ccc(-c2nc(-c3cccc(-n4c5ccccc5c5ccccc54)c3)nc(-c3cccc(-n4c5ccccc5c5ccccc54)c3)n2)cc1. The van der Waals surface area contributed by atoms with Crippen LogP contribution in [0.4, 0.5) is 0 Å². The van der Waals surface area contributed by atoms with E-state index in [4.69, 9.17) is 15.0 Å². The van der Waals surface area contributed by atoms with Gasteiger partial charge in [0.2, 0.25) is 0 Å². The molecule has 0 radical (unpaired) electrons. The van der Waals surface area contributed by atoms with Gasteiger partial charge >= 0.3 is 0 Å². The third-order valence-electron chi connectivity index (χ3n) is 9.93. The van der Waals surface area contributed by atoms with Crippen molar-refractivity contribution in [1.29, 1.82) is 0 Å². The van der Waals surface area contributed by atoms with Gasteiger partial charge in [-0.05, 0) is 54.1 Å². The number of aromatic nitrogens is 5. The van der Waals surface area contributed by atoms with E-state index < -0.39 is 0 Å². The second-order valence-corrected chi connectivity index (χ2v) is 13.0. The Bertz CT molecular complexity index is 2700. The number of hydrogen-bond acceptors (Lipinski definition) is 3. The molecular formula is C47H31N5. The lowest BCUT2D eigenvalue weighted by atomic mass is 10.1. The number of benzene rings is 7. The first kappa shape index (κ1) is 29.8. The monoisotopic (exact) mass is 665 g/mol. The van der Waals surface area contributed by atoms with Crippen LogP contribution in [0, 0.1) is 0 Å². The fraction of sp³-hybridized carbons (Fsp3) is 0. The molecule has 0 saturated carbocycles. The summed E-state index contributed by atoms with van der Waals surface area (Å²) in [5.74, 6) is 1.83. The van der Waals surface area contributed by atoms with Gasteiger partial charge in [-0.3, -0.25) is 0 Å². The maximum absolute atomic E-state index is 5.17. The molecule has 0 amide bonds. The maximum Gasteiger partial charge on any atom is 0.164 e. The fourth-order valence-corrected chi connectivity index (χ4v) is 7.50. The van der Waals surface area contributed by atoms with Gasteiger partial charge in [-0.25, -0.2) is 15.0 Å². The smallest absolute Gasteiger partial charge is 0.164 e. The minimum atomic E-state index is 0.609. The first-order chi connectivity index (χ1) is 25.7. The molecule has 52 heavy (non-hydrogen) atoms. The van der Waals surface area contributed by atoms with Gasteiger partial charge in [-0.2, -0.15) is 0 Å². The topological polar surface area (TPSA) is 48.5 Å². The number of hydrogen-bond donors (Lipinski definition) is 0. The summed E-state index contributed by atoms with van der Waals surface area (Å²) in [5.41, 5.74) is 10.5. The summed E-state index contributed by atoms with van der Waals surface area (Å²) in [7, 11) is 0. The zero-order chi connectivity index (χ0) is 34.6. The standard InChI is InChI=1S/C47H31N5/c1-2-31-25-27-32(28-26-31)45-48-46(33-13-11-15-35(29-33)51-41-21-7-3-17-37(41)38-18-4-8-22-42(38)51)50-47(49-45)34-14-12-16-36(30-34)52-43-23-9-5-19-39(43)40-20-6-10-24-44(40)52/h2-30H,1H2. The predicted octanol–water partition coefficient (Wildman–Crippen LogP) is 11.7. The molecule has 0 atom stereocenters. The lowest BCUT2D eigenvalue weighted by Gasteiger charge is -2.13. The first-order valence-electron chi connectivity index (χ1n) is 17.4. The van der Waals surface area contributed by atoms with E-state index >= 15 is 0 Å².